The fourth-order valence-corrected chi connectivity index (χ4v) is 3.74. The van der Waals surface area contributed by atoms with Gasteiger partial charge in [0, 0.05) is 5.41 Å². The molecule has 1 fully saturated rings. The van der Waals surface area contributed by atoms with E-state index in [0.717, 1.165) is 38.5 Å². The fraction of sp³-hybridized carbons (Fsp3) is 0.870. The van der Waals surface area contributed by atoms with Crippen molar-refractivity contribution < 1.29 is 10.2 Å². The van der Waals surface area contributed by atoms with Crippen molar-refractivity contribution in [2.24, 2.45) is 22.2 Å². The van der Waals surface area contributed by atoms with Crippen LogP contribution in [-0.2, 0) is 0 Å². The maximum absolute atomic E-state index is 10.0. The first-order valence-electron chi connectivity index (χ1n) is 10.1. The highest BCUT2D eigenvalue weighted by atomic mass is 16.3. The molecule has 0 aromatic heterocycles. The predicted molar refractivity (Wildman–Crippen MR) is 109 cm³/mol. The van der Waals surface area contributed by atoms with E-state index >= 15 is 0 Å². The summed E-state index contributed by atoms with van der Waals surface area (Å²) >= 11 is 0. The zero-order chi connectivity index (χ0) is 20.4. The van der Waals surface area contributed by atoms with E-state index < -0.39 is 11.2 Å². The zero-order valence-corrected chi connectivity index (χ0v) is 18.3. The average Bonchev–Trinajstić information content (AvgIpc) is 2.50. The Kier molecular flexibility index (Phi) is 6.82. The molecule has 0 amide bonds. The maximum Gasteiger partial charge on any atom is 0.0686 e. The standard InChI is InChI=1S/C12H22O.C11H19NO/c1-10(2)6-8-12(5,9-7-10)11(3,4)13;1-10(2,13)9-4-6-11(3,8-12)7-5-9/h6,8,13H,7,9H2,1-5H3;9,13H,4-7H2,1-3H3. The van der Waals surface area contributed by atoms with E-state index in [1.165, 1.54) is 0 Å². The van der Waals surface area contributed by atoms with E-state index in [0.29, 0.717) is 11.3 Å². The van der Waals surface area contributed by atoms with Crippen LogP contribution in [-0.4, -0.2) is 21.4 Å². The first-order chi connectivity index (χ1) is 11.5. The molecule has 1 atom stereocenters. The molecule has 1 unspecified atom stereocenters. The van der Waals surface area contributed by atoms with E-state index in [9.17, 15) is 10.2 Å². The van der Waals surface area contributed by atoms with Crippen molar-refractivity contribution in [3.63, 3.8) is 0 Å². The Morgan fingerprint density at radius 1 is 0.885 bits per heavy atom. The molecule has 0 heterocycles. The number of nitrogens with zero attached hydrogens (tertiary/aromatic N) is 1. The highest BCUT2D eigenvalue weighted by molar-refractivity contribution is 5.13. The number of hydrogen-bond donors (Lipinski definition) is 2. The third-order valence-electron chi connectivity index (χ3n) is 6.95. The van der Waals surface area contributed by atoms with Gasteiger partial charge in [-0.05, 0) is 84.5 Å². The molecule has 3 nitrogen and oxygen atoms in total. The molecule has 2 N–H and O–H groups in total. The van der Waals surface area contributed by atoms with Crippen LogP contribution in [0.5, 0.6) is 0 Å². The van der Waals surface area contributed by atoms with Gasteiger partial charge in [-0.2, -0.15) is 5.26 Å². The van der Waals surface area contributed by atoms with Gasteiger partial charge in [0.05, 0.1) is 22.7 Å². The van der Waals surface area contributed by atoms with Crippen LogP contribution < -0.4 is 0 Å². The molecular formula is C23H41NO2. The van der Waals surface area contributed by atoms with Gasteiger partial charge < -0.3 is 10.2 Å². The van der Waals surface area contributed by atoms with Crippen LogP contribution in [0, 0.1) is 33.5 Å². The molecule has 0 aromatic carbocycles. The molecule has 0 aliphatic heterocycles. The van der Waals surface area contributed by atoms with E-state index in [2.05, 4.69) is 39.0 Å². The second kappa shape index (κ2) is 7.64. The normalized spacial score (nSPS) is 34.4. The SMILES string of the molecule is CC1(C#N)CCC(C(C)(C)O)CC1.CC1(C)C=CC(C)(C(C)(C)O)CC1. The average molecular weight is 364 g/mol. The molecule has 26 heavy (non-hydrogen) atoms. The Hall–Kier alpha value is -0.850. The summed E-state index contributed by atoms with van der Waals surface area (Å²) in [4.78, 5) is 0. The third-order valence-corrected chi connectivity index (χ3v) is 6.95. The summed E-state index contributed by atoms with van der Waals surface area (Å²) in [7, 11) is 0. The van der Waals surface area contributed by atoms with Crippen molar-refractivity contribution in [3.8, 4) is 6.07 Å². The van der Waals surface area contributed by atoms with Gasteiger partial charge in [-0.25, -0.2) is 0 Å². The molecule has 0 spiro atoms. The first-order valence-corrected chi connectivity index (χ1v) is 10.1. The minimum Gasteiger partial charge on any atom is -0.390 e. The maximum atomic E-state index is 10.0. The van der Waals surface area contributed by atoms with Crippen LogP contribution in [0.25, 0.3) is 0 Å². The summed E-state index contributed by atoms with van der Waals surface area (Å²) in [5.41, 5.74) is -1.06. The summed E-state index contributed by atoms with van der Waals surface area (Å²) in [6.45, 7) is 16.2. The number of hydrogen-bond acceptors (Lipinski definition) is 3. The van der Waals surface area contributed by atoms with Crippen molar-refractivity contribution in [2.75, 3.05) is 0 Å². The predicted octanol–water partition coefficient (Wildman–Crippen LogP) is 5.62. The first kappa shape index (κ1) is 23.2. The smallest absolute Gasteiger partial charge is 0.0686 e. The molecule has 0 aromatic rings. The van der Waals surface area contributed by atoms with Crippen LogP contribution in [0.1, 0.15) is 93.9 Å². The number of nitriles is 1. The van der Waals surface area contributed by atoms with Gasteiger partial charge in [-0.1, -0.05) is 32.9 Å². The highest BCUT2D eigenvalue weighted by Gasteiger charge is 2.40. The number of aliphatic hydroxyl groups is 2. The van der Waals surface area contributed by atoms with Crippen LogP contribution in [0.2, 0.25) is 0 Å². The molecule has 3 heteroatoms. The van der Waals surface area contributed by atoms with E-state index in [-0.39, 0.29) is 10.8 Å². The molecule has 2 aliphatic rings. The molecular weight excluding hydrogens is 322 g/mol. The van der Waals surface area contributed by atoms with E-state index in [4.69, 9.17) is 5.26 Å². The quantitative estimate of drug-likeness (QED) is 0.626. The second-order valence-corrected chi connectivity index (χ2v) is 10.9. The van der Waals surface area contributed by atoms with Gasteiger partial charge in [0.1, 0.15) is 0 Å². The van der Waals surface area contributed by atoms with Gasteiger partial charge >= 0.3 is 0 Å². The largest absolute Gasteiger partial charge is 0.390 e. The summed E-state index contributed by atoms with van der Waals surface area (Å²) < 4.78 is 0. The van der Waals surface area contributed by atoms with Crippen molar-refractivity contribution in [3.05, 3.63) is 12.2 Å². The molecule has 1 saturated carbocycles. The molecule has 0 radical (unpaired) electrons. The van der Waals surface area contributed by atoms with Crippen molar-refractivity contribution in [2.45, 2.75) is 105 Å². The van der Waals surface area contributed by atoms with E-state index in [1.54, 1.807) is 0 Å². The van der Waals surface area contributed by atoms with Crippen molar-refractivity contribution in [1.82, 2.24) is 0 Å². The summed E-state index contributed by atoms with van der Waals surface area (Å²) in [6, 6.07) is 2.37. The van der Waals surface area contributed by atoms with Gasteiger partial charge in [-0.15, -0.1) is 0 Å². The summed E-state index contributed by atoms with van der Waals surface area (Å²) in [5, 5.41) is 28.7. The van der Waals surface area contributed by atoms with Gasteiger partial charge in [-0.3, -0.25) is 0 Å². The lowest BCUT2D eigenvalue weighted by atomic mass is 9.65. The van der Waals surface area contributed by atoms with E-state index in [1.807, 2.05) is 34.6 Å². The van der Waals surface area contributed by atoms with Crippen LogP contribution >= 0.6 is 0 Å². The van der Waals surface area contributed by atoms with Crippen LogP contribution in [0.3, 0.4) is 0 Å². The van der Waals surface area contributed by atoms with Gasteiger partial charge in [0.15, 0.2) is 0 Å². The molecule has 0 saturated heterocycles. The Bertz CT molecular complexity index is 534. The lowest BCUT2D eigenvalue weighted by Crippen LogP contribution is -2.42. The lowest BCUT2D eigenvalue weighted by molar-refractivity contribution is -0.0301. The van der Waals surface area contributed by atoms with Crippen LogP contribution in [0.4, 0.5) is 0 Å². The number of allylic oxidation sites excluding steroid dienone is 1. The van der Waals surface area contributed by atoms with Crippen molar-refractivity contribution >= 4 is 0 Å². The molecule has 0 bridgehead atoms. The molecule has 150 valence electrons. The summed E-state index contributed by atoms with van der Waals surface area (Å²) in [5.74, 6) is 0.369. The number of rotatable bonds is 2. The Morgan fingerprint density at radius 2 is 1.38 bits per heavy atom. The summed E-state index contributed by atoms with van der Waals surface area (Å²) in [6.07, 6.45) is 10.5. The Morgan fingerprint density at radius 3 is 1.69 bits per heavy atom. The van der Waals surface area contributed by atoms with Gasteiger partial charge in [0.25, 0.3) is 0 Å². The highest BCUT2D eigenvalue weighted by Crippen LogP contribution is 2.45. The third kappa shape index (κ3) is 6.10. The Labute approximate surface area is 161 Å². The van der Waals surface area contributed by atoms with Gasteiger partial charge in [0.2, 0.25) is 0 Å². The lowest BCUT2D eigenvalue weighted by Gasteiger charge is -2.43. The van der Waals surface area contributed by atoms with Crippen LogP contribution in [0.15, 0.2) is 12.2 Å². The zero-order valence-electron chi connectivity index (χ0n) is 18.3. The topological polar surface area (TPSA) is 64.2 Å². The van der Waals surface area contributed by atoms with Crippen molar-refractivity contribution in [1.29, 1.82) is 5.26 Å². The monoisotopic (exact) mass is 363 g/mol. The Balaban J connectivity index is 0.000000260. The molecule has 2 rings (SSSR count). The second-order valence-electron chi connectivity index (χ2n) is 10.9. The fourth-order valence-electron chi connectivity index (χ4n) is 3.74. The minimum absolute atomic E-state index is 0.0531. The minimum atomic E-state index is -0.611. The molecule has 2 aliphatic carbocycles.